The number of hydrogen-bond donors (Lipinski definition) is 2. The van der Waals surface area contributed by atoms with Gasteiger partial charge < -0.3 is 10.6 Å². The van der Waals surface area contributed by atoms with E-state index in [9.17, 15) is 0 Å². The normalized spacial score (nSPS) is 24.6. The number of hydrogen-bond acceptors (Lipinski definition) is 1. The molecule has 15 heavy (non-hydrogen) atoms. The summed E-state index contributed by atoms with van der Waals surface area (Å²) >= 11 is 5.38. The van der Waals surface area contributed by atoms with Gasteiger partial charge in [-0.2, -0.15) is 0 Å². The van der Waals surface area contributed by atoms with Gasteiger partial charge in [-0.05, 0) is 50.7 Å². The van der Waals surface area contributed by atoms with Gasteiger partial charge >= 0.3 is 0 Å². The zero-order valence-corrected chi connectivity index (χ0v) is 10.5. The van der Waals surface area contributed by atoms with Crippen molar-refractivity contribution in [1.29, 1.82) is 0 Å². The fraction of sp³-hybridized carbons (Fsp3) is 0.917. The molecule has 0 heterocycles. The zero-order valence-electron chi connectivity index (χ0n) is 9.64. The van der Waals surface area contributed by atoms with E-state index >= 15 is 0 Å². The molecule has 0 atom stereocenters. The van der Waals surface area contributed by atoms with Gasteiger partial charge in [0.15, 0.2) is 5.11 Å². The molecule has 2 saturated carbocycles. The first-order valence-electron chi connectivity index (χ1n) is 6.33. The summed E-state index contributed by atoms with van der Waals surface area (Å²) in [5, 5.41) is 7.88. The molecule has 0 aliphatic heterocycles. The molecular formula is C12H22N2S. The van der Waals surface area contributed by atoms with Crippen molar-refractivity contribution in [1.82, 2.24) is 10.6 Å². The summed E-state index contributed by atoms with van der Waals surface area (Å²) < 4.78 is 0. The minimum absolute atomic E-state index is 0.336. The van der Waals surface area contributed by atoms with Gasteiger partial charge in [0.2, 0.25) is 0 Å². The Bertz CT molecular complexity index is 224. The van der Waals surface area contributed by atoms with Crippen molar-refractivity contribution in [2.24, 2.45) is 0 Å². The smallest absolute Gasteiger partial charge is 0.166 e. The van der Waals surface area contributed by atoms with E-state index in [-0.39, 0.29) is 0 Å². The first kappa shape index (κ1) is 11.2. The zero-order chi connectivity index (χ0) is 10.7. The third kappa shape index (κ3) is 2.63. The molecule has 3 heteroatoms. The highest BCUT2D eigenvalue weighted by Gasteiger charge is 2.35. The lowest BCUT2D eigenvalue weighted by Gasteiger charge is -2.43. The minimum atomic E-state index is 0.336. The summed E-state index contributed by atoms with van der Waals surface area (Å²) in [6.45, 7) is 2.25. The molecule has 0 bridgehead atoms. The standard InChI is InChI=1S/C12H22N2S/c1-2-12(8-5-9-12)14-11(15)13-10-6-3-4-7-10/h10H,2-9H2,1H3,(H2,13,14,15). The second-order valence-electron chi connectivity index (χ2n) is 5.07. The quantitative estimate of drug-likeness (QED) is 0.724. The Balaban J connectivity index is 1.76. The fourth-order valence-corrected chi connectivity index (χ4v) is 3.09. The Morgan fingerprint density at radius 1 is 1.27 bits per heavy atom. The van der Waals surface area contributed by atoms with E-state index in [1.165, 1.54) is 51.4 Å². The highest BCUT2D eigenvalue weighted by molar-refractivity contribution is 7.80. The summed E-state index contributed by atoms with van der Waals surface area (Å²) in [6, 6.07) is 0.638. The Morgan fingerprint density at radius 3 is 2.40 bits per heavy atom. The van der Waals surface area contributed by atoms with E-state index in [0.717, 1.165) is 5.11 Å². The number of nitrogens with one attached hydrogen (secondary N) is 2. The monoisotopic (exact) mass is 226 g/mol. The van der Waals surface area contributed by atoms with Gasteiger partial charge in [-0.3, -0.25) is 0 Å². The van der Waals surface area contributed by atoms with Crippen molar-refractivity contribution in [2.75, 3.05) is 0 Å². The summed E-state index contributed by atoms with van der Waals surface area (Å²) in [5.41, 5.74) is 0.336. The van der Waals surface area contributed by atoms with Gasteiger partial charge in [-0.1, -0.05) is 19.8 Å². The average molecular weight is 226 g/mol. The molecule has 0 saturated heterocycles. The van der Waals surface area contributed by atoms with Crippen LogP contribution in [0.15, 0.2) is 0 Å². The average Bonchev–Trinajstić information content (AvgIpc) is 2.64. The SMILES string of the molecule is CCC1(NC(=S)NC2CCCC2)CCC1. The number of rotatable bonds is 3. The molecule has 2 fully saturated rings. The predicted molar refractivity (Wildman–Crippen MR) is 68.0 cm³/mol. The van der Waals surface area contributed by atoms with Crippen LogP contribution in [-0.4, -0.2) is 16.7 Å². The first-order chi connectivity index (χ1) is 7.24. The summed E-state index contributed by atoms with van der Waals surface area (Å²) in [5.74, 6) is 0. The second-order valence-corrected chi connectivity index (χ2v) is 5.48. The summed E-state index contributed by atoms with van der Waals surface area (Å²) in [4.78, 5) is 0. The van der Waals surface area contributed by atoms with Crippen LogP contribution in [0.3, 0.4) is 0 Å². The fourth-order valence-electron chi connectivity index (χ4n) is 2.70. The van der Waals surface area contributed by atoms with Gasteiger partial charge in [0.25, 0.3) is 0 Å². The lowest BCUT2D eigenvalue weighted by Crippen LogP contribution is -2.56. The third-order valence-electron chi connectivity index (χ3n) is 4.06. The van der Waals surface area contributed by atoms with Crippen molar-refractivity contribution in [3.05, 3.63) is 0 Å². The maximum atomic E-state index is 5.38. The lowest BCUT2D eigenvalue weighted by molar-refractivity contribution is 0.208. The van der Waals surface area contributed by atoms with E-state index in [2.05, 4.69) is 17.6 Å². The third-order valence-corrected chi connectivity index (χ3v) is 4.28. The molecule has 0 aromatic heterocycles. The molecule has 0 aromatic rings. The predicted octanol–water partition coefficient (Wildman–Crippen LogP) is 2.73. The molecule has 0 radical (unpaired) electrons. The molecule has 2 aliphatic carbocycles. The van der Waals surface area contributed by atoms with Crippen LogP contribution >= 0.6 is 12.2 Å². The van der Waals surface area contributed by atoms with Gasteiger partial charge in [0.1, 0.15) is 0 Å². The van der Waals surface area contributed by atoms with E-state index in [1.54, 1.807) is 0 Å². The second kappa shape index (κ2) is 4.69. The molecule has 2 nitrogen and oxygen atoms in total. The summed E-state index contributed by atoms with van der Waals surface area (Å²) in [6.07, 6.45) is 10.4. The van der Waals surface area contributed by atoms with Gasteiger partial charge in [0, 0.05) is 11.6 Å². The first-order valence-corrected chi connectivity index (χ1v) is 6.74. The summed E-state index contributed by atoms with van der Waals surface area (Å²) in [7, 11) is 0. The van der Waals surface area contributed by atoms with Crippen LogP contribution in [0.2, 0.25) is 0 Å². The van der Waals surface area contributed by atoms with Crippen molar-refractivity contribution in [3.8, 4) is 0 Å². The molecule has 2 rings (SSSR count). The highest BCUT2D eigenvalue weighted by atomic mass is 32.1. The lowest BCUT2D eigenvalue weighted by atomic mass is 9.75. The Labute approximate surface area is 98.2 Å². The van der Waals surface area contributed by atoms with Gasteiger partial charge in [-0.25, -0.2) is 0 Å². The van der Waals surface area contributed by atoms with Crippen molar-refractivity contribution in [2.45, 2.75) is 69.9 Å². The van der Waals surface area contributed by atoms with Crippen molar-refractivity contribution in [3.63, 3.8) is 0 Å². The molecule has 0 unspecified atom stereocenters. The largest absolute Gasteiger partial charge is 0.360 e. The van der Waals surface area contributed by atoms with Crippen LogP contribution in [0.1, 0.15) is 58.3 Å². The molecule has 0 amide bonds. The van der Waals surface area contributed by atoms with Gasteiger partial charge in [-0.15, -0.1) is 0 Å². The molecule has 2 aliphatic rings. The highest BCUT2D eigenvalue weighted by Crippen LogP contribution is 2.34. The van der Waals surface area contributed by atoms with Crippen LogP contribution in [-0.2, 0) is 0 Å². The molecule has 86 valence electrons. The van der Waals surface area contributed by atoms with Crippen molar-refractivity contribution >= 4 is 17.3 Å². The Kier molecular flexibility index (Phi) is 3.49. The minimum Gasteiger partial charge on any atom is -0.360 e. The van der Waals surface area contributed by atoms with Crippen molar-refractivity contribution < 1.29 is 0 Å². The van der Waals surface area contributed by atoms with Crippen LogP contribution in [0.5, 0.6) is 0 Å². The molecule has 0 aromatic carbocycles. The van der Waals surface area contributed by atoms with E-state index in [0.29, 0.717) is 11.6 Å². The molecule has 0 spiro atoms. The molecule has 2 N–H and O–H groups in total. The Morgan fingerprint density at radius 2 is 1.93 bits per heavy atom. The van der Waals surface area contributed by atoms with Crippen LogP contribution in [0.4, 0.5) is 0 Å². The van der Waals surface area contributed by atoms with E-state index in [1.807, 2.05) is 0 Å². The number of thiocarbonyl (C=S) groups is 1. The van der Waals surface area contributed by atoms with E-state index < -0.39 is 0 Å². The maximum Gasteiger partial charge on any atom is 0.166 e. The van der Waals surface area contributed by atoms with E-state index in [4.69, 9.17) is 12.2 Å². The van der Waals surface area contributed by atoms with Crippen LogP contribution < -0.4 is 10.6 Å². The van der Waals surface area contributed by atoms with Gasteiger partial charge in [0.05, 0.1) is 0 Å². The van der Waals surface area contributed by atoms with Crippen LogP contribution in [0, 0.1) is 0 Å². The maximum absolute atomic E-state index is 5.38. The van der Waals surface area contributed by atoms with Crippen LogP contribution in [0.25, 0.3) is 0 Å². The topological polar surface area (TPSA) is 24.1 Å². The Hall–Kier alpha value is -0.310. The molecular weight excluding hydrogens is 204 g/mol.